The first-order valence-corrected chi connectivity index (χ1v) is 10.1. The first-order valence-electron chi connectivity index (χ1n) is 10.1. The SMILES string of the molecule is COc1ccc([C@H]2CC(=O)N(Cc3ccc(N)cc3)C2)cc1OC1CCCC1. The monoisotopic (exact) mass is 380 g/mol. The number of nitrogens with zero attached hydrogens (tertiary/aromatic N) is 1. The van der Waals surface area contributed by atoms with Gasteiger partial charge in [0.05, 0.1) is 13.2 Å². The van der Waals surface area contributed by atoms with E-state index in [9.17, 15) is 4.79 Å². The lowest BCUT2D eigenvalue weighted by Crippen LogP contribution is -2.24. The summed E-state index contributed by atoms with van der Waals surface area (Å²) in [4.78, 5) is 14.5. The molecule has 1 saturated carbocycles. The summed E-state index contributed by atoms with van der Waals surface area (Å²) in [6.07, 6.45) is 5.46. The lowest BCUT2D eigenvalue weighted by Gasteiger charge is -2.19. The number of anilines is 1. The van der Waals surface area contributed by atoms with Gasteiger partial charge in [0.15, 0.2) is 11.5 Å². The van der Waals surface area contributed by atoms with Gasteiger partial charge in [0.25, 0.3) is 0 Å². The van der Waals surface area contributed by atoms with Gasteiger partial charge in [-0.2, -0.15) is 0 Å². The molecule has 0 aromatic heterocycles. The maximum Gasteiger partial charge on any atom is 0.223 e. The molecule has 1 aliphatic carbocycles. The second-order valence-corrected chi connectivity index (χ2v) is 7.85. The van der Waals surface area contributed by atoms with Crippen LogP contribution >= 0.6 is 0 Å². The number of amides is 1. The Bertz CT molecular complexity index is 828. The van der Waals surface area contributed by atoms with Crippen molar-refractivity contribution in [1.29, 1.82) is 0 Å². The molecule has 2 aliphatic rings. The molecule has 0 bridgehead atoms. The van der Waals surface area contributed by atoms with Gasteiger partial charge in [0, 0.05) is 31.1 Å². The summed E-state index contributed by atoms with van der Waals surface area (Å²) in [7, 11) is 1.67. The van der Waals surface area contributed by atoms with Gasteiger partial charge in [-0.1, -0.05) is 18.2 Å². The maximum absolute atomic E-state index is 12.6. The van der Waals surface area contributed by atoms with Crippen LogP contribution < -0.4 is 15.2 Å². The number of hydrogen-bond acceptors (Lipinski definition) is 4. The molecule has 5 heteroatoms. The van der Waals surface area contributed by atoms with Crippen LogP contribution in [0.4, 0.5) is 5.69 Å². The van der Waals surface area contributed by atoms with E-state index < -0.39 is 0 Å². The van der Waals surface area contributed by atoms with E-state index in [1.54, 1.807) is 7.11 Å². The van der Waals surface area contributed by atoms with Gasteiger partial charge in [-0.3, -0.25) is 4.79 Å². The molecule has 2 aromatic carbocycles. The highest BCUT2D eigenvalue weighted by Gasteiger charge is 2.31. The molecule has 1 amide bonds. The molecule has 1 atom stereocenters. The smallest absolute Gasteiger partial charge is 0.223 e. The molecule has 5 nitrogen and oxygen atoms in total. The third-order valence-corrected chi connectivity index (χ3v) is 5.82. The van der Waals surface area contributed by atoms with Crippen LogP contribution in [0.15, 0.2) is 42.5 Å². The Labute approximate surface area is 166 Å². The maximum atomic E-state index is 12.6. The van der Waals surface area contributed by atoms with E-state index in [-0.39, 0.29) is 17.9 Å². The number of likely N-dealkylation sites (tertiary alicyclic amines) is 1. The van der Waals surface area contributed by atoms with Crippen LogP contribution in [-0.2, 0) is 11.3 Å². The van der Waals surface area contributed by atoms with Crippen molar-refractivity contribution in [3.8, 4) is 11.5 Å². The number of carbonyl (C=O) groups is 1. The zero-order valence-electron chi connectivity index (χ0n) is 16.4. The molecule has 2 N–H and O–H groups in total. The van der Waals surface area contributed by atoms with Crippen molar-refractivity contribution in [2.75, 3.05) is 19.4 Å². The molecule has 28 heavy (non-hydrogen) atoms. The summed E-state index contributed by atoms with van der Waals surface area (Å²) < 4.78 is 11.7. The molecule has 0 unspecified atom stereocenters. The van der Waals surface area contributed by atoms with Crippen LogP contribution in [-0.4, -0.2) is 30.6 Å². The first kappa shape index (κ1) is 18.7. The van der Waals surface area contributed by atoms with E-state index in [0.717, 1.165) is 47.7 Å². The molecular formula is C23H28N2O3. The van der Waals surface area contributed by atoms with Crippen molar-refractivity contribution in [2.24, 2.45) is 0 Å². The Morgan fingerprint density at radius 3 is 2.54 bits per heavy atom. The predicted molar refractivity (Wildman–Crippen MR) is 110 cm³/mol. The third kappa shape index (κ3) is 4.08. The summed E-state index contributed by atoms with van der Waals surface area (Å²) >= 11 is 0. The van der Waals surface area contributed by atoms with Crippen LogP contribution in [0.1, 0.15) is 49.1 Å². The van der Waals surface area contributed by atoms with Crippen molar-refractivity contribution in [2.45, 2.75) is 50.7 Å². The molecule has 1 saturated heterocycles. The minimum Gasteiger partial charge on any atom is -0.493 e. The molecule has 4 rings (SSSR count). The van der Waals surface area contributed by atoms with Gasteiger partial charge >= 0.3 is 0 Å². The van der Waals surface area contributed by atoms with Crippen molar-refractivity contribution < 1.29 is 14.3 Å². The van der Waals surface area contributed by atoms with E-state index in [1.807, 2.05) is 35.2 Å². The fourth-order valence-electron chi connectivity index (χ4n) is 4.22. The van der Waals surface area contributed by atoms with Crippen LogP contribution in [0.25, 0.3) is 0 Å². The number of benzene rings is 2. The Morgan fingerprint density at radius 2 is 1.82 bits per heavy atom. The molecule has 2 aromatic rings. The molecule has 2 fully saturated rings. The van der Waals surface area contributed by atoms with E-state index in [0.29, 0.717) is 13.0 Å². The zero-order valence-corrected chi connectivity index (χ0v) is 16.4. The van der Waals surface area contributed by atoms with Gasteiger partial charge < -0.3 is 20.1 Å². The van der Waals surface area contributed by atoms with Crippen molar-refractivity contribution in [3.63, 3.8) is 0 Å². The lowest BCUT2D eigenvalue weighted by atomic mass is 9.98. The van der Waals surface area contributed by atoms with E-state index in [1.165, 1.54) is 12.8 Å². The van der Waals surface area contributed by atoms with Crippen LogP contribution in [0.5, 0.6) is 11.5 Å². The number of carbonyl (C=O) groups excluding carboxylic acids is 1. The van der Waals surface area contributed by atoms with Crippen molar-refractivity contribution >= 4 is 11.6 Å². The molecule has 1 heterocycles. The van der Waals surface area contributed by atoms with Gasteiger partial charge in [-0.05, 0) is 61.1 Å². The Morgan fingerprint density at radius 1 is 1.07 bits per heavy atom. The standard InChI is InChI=1S/C23H28N2O3/c1-27-21-11-8-17(12-22(21)28-20-4-2-3-5-20)18-13-23(26)25(15-18)14-16-6-9-19(24)10-7-16/h6-12,18,20H,2-5,13-15,24H2,1H3/t18-/m0/s1. The van der Waals surface area contributed by atoms with Crippen molar-refractivity contribution in [3.05, 3.63) is 53.6 Å². The third-order valence-electron chi connectivity index (χ3n) is 5.82. The van der Waals surface area contributed by atoms with E-state index in [4.69, 9.17) is 15.2 Å². The van der Waals surface area contributed by atoms with Crippen LogP contribution in [0.2, 0.25) is 0 Å². The Hall–Kier alpha value is -2.69. The summed E-state index contributed by atoms with van der Waals surface area (Å²) in [5, 5.41) is 0. The molecule has 1 aliphatic heterocycles. The number of hydrogen-bond donors (Lipinski definition) is 1. The fraction of sp³-hybridized carbons (Fsp3) is 0.435. The molecule has 0 spiro atoms. The highest BCUT2D eigenvalue weighted by Crippen LogP contribution is 2.37. The molecule has 148 valence electrons. The molecule has 0 radical (unpaired) electrons. The highest BCUT2D eigenvalue weighted by molar-refractivity contribution is 5.80. The minimum absolute atomic E-state index is 0.179. The van der Waals surface area contributed by atoms with Gasteiger partial charge in [0.1, 0.15) is 0 Å². The number of methoxy groups -OCH3 is 1. The number of nitrogen functional groups attached to an aromatic ring is 1. The van der Waals surface area contributed by atoms with Gasteiger partial charge in [-0.25, -0.2) is 0 Å². The Balaban J connectivity index is 1.47. The first-order chi connectivity index (χ1) is 13.6. The summed E-state index contributed by atoms with van der Waals surface area (Å²) in [6.45, 7) is 1.34. The number of ether oxygens (including phenoxy) is 2. The lowest BCUT2D eigenvalue weighted by molar-refractivity contribution is -0.128. The van der Waals surface area contributed by atoms with Crippen molar-refractivity contribution in [1.82, 2.24) is 4.90 Å². The van der Waals surface area contributed by atoms with E-state index >= 15 is 0 Å². The topological polar surface area (TPSA) is 64.8 Å². The average molecular weight is 380 g/mol. The predicted octanol–water partition coefficient (Wildman–Crippen LogP) is 4.11. The normalized spacial score (nSPS) is 20.0. The minimum atomic E-state index is 0.179. The summed E-state index contributed by atoms with van der Waals surface area (Å²) in [6, 6.07) is 13.8. The van der Waals surface area contributed by atoms with Gasteiger partial charge in [-0.15, -0.1) is 0 Å². The van der Waals surface area contributed by atoms with Crippen LogP contribution in [0.3, 0.4) is 0 Å². The quantitative estimate of drug-likeness (QED) is 0.766. The fourth-order valence-corrected chi connectivity index (χ4v) is 4.22. The Kier molecular flexibility index (Phi) is 5.42. The summed E-state index contributed by atoms with van der Waals surface area (Å²) in [5.74, 6) is 1.93. The second kappa shape index (κ2) is 8.13. The number of rotatable bonds is 6. The highest BCUT2D eigenvalue weighted by atomic mass is 16.5. The zero-order chi connectivity index (χ0) is 19.5. The molecular weight excluding hydrogens is 352 g/mol. The number of nitrogens with two attached hydrogens (primary N) is 1. The van der Waals surface area contributed by atoms with Crippen LogP contribution in [0, 0.1) is 0 Å². The van der Waals surface area contributed by atoms with E-state index in [2.05, 4.69) is 12.1 Å². The largest absolute Gasteiger partial charge is 0.493 e. The second-order valence-electron chi connectivity index (χ2n) is 7.85. The van der Waals surface area contributed by atoms with Gasteiger partial charge in [0.2, 0.25) is 5.91 Å². The average Bonchev–Trinajstić information content (AvgIpc) is 3.34. The summed E-state index contributed by atoms with van der Waals surface area (Å²) in [5.41, 5.74) is 8.73.